The molecule has 0 aliphatic carbocycles. The third-order valence-electron chi connectivity index (χ3n) is 7.88. The number of anilines is 1. The lowest BCUT2D eigenvalue weighted by Crippen LogP contribution is -2.54. The Morgan fingerprint density at radius 1 is 1.21 bits per heavy atom. The number of hydrogen-bond donors (Lipinski definition) is 1. The number of carbonyl (C=O) groups is 3. The maximum absolute atomic E-state index is 13.6. The van der Waals surface area contributed by atoms with E-state index in [2.05, 4.69) is 22.2 Å². The Morgan fingerprint density at radius 3 is 2.61 bits per heavy atom. The van der Waals surface area contributed by atoms with Crippen molar-refractivity contribution in [1.82, 2.24) is 20.1 Å². The Hall–Kier alpha value is -2.53. The van der Waals surface area contributed by atoms with Crippen molar-refractivity contribution in [2.75, 3.05) is 51.3 Å². The van der Waals surface area contributed by atoms with Gasteiger partial charge >= 0.3 is 0 Å². The van der Waals surface area contributed by atoms with Crippen LogP contribution in [0.3, 0.4) is 0 Å². The number of nitrogens with zero attached hydrogens (tertiary/aromatic N) is 4. The summed E-state index contributed by atoms with van der Waals surface area (Å²) >= 11 is 8.02. The fraction of sp³-hybridized carbons (Fsp3) is 0.556. The van der Waals surface area contributed by atoms with E-state index in [9.17, 15) is 14.4 Å². The molecule has 5 rings (SSSR count). The van der Waals surface area contributed by atoms with Gasteiger partial charge in [0.15, 0.2) is 10.9 Å². The molecule has 11 heteroatoms. The number of rotatable bonds is 7. The fourth-order valence-electron chi connectivity index (χ4n) is 5.24. The molecule has 2 amide bonds. The number of alkyl halides is 1. The van der Waals surface area contributed by atoms with E-state index in [1.807, 2.05) is 31.4 Å². The summed E-state index contributed by atoms with van der Waals surface area (Å²) in [6.07, 6.45) is 0.197. The summed E-state index contributed by atoms with van der Waals surface area (Å²) in [5, 5.41) is 5.54. The molecule has 3 aliphatic heterocycles. The van der Waals surface area contributed by atoms with E-state index in [0.717, 1.165) is 42.6 Å². The number of fused-ring (bicyclic) bond motifs is 1. The zero-order chi connectivity index (χ0) is 27.0. The van der Waals surface area contributed by atoms with Crippen LogP contribution in [0.15, 0.2) is 29.6 Å². The van der Waals surface area contributed by atoms with E-state index in [0.29, 0.717) is 12.0 Å². The maximum atomic E-state index is 13.6. The minimum Gasteiger partial charge on any atom is -0.366 e. The van der Waals surface area contributed by atoms with Gasteiger partial charge in [-0.2, -0.15) is 0 Å². The monoisotopic (exact) mass is 559 g/mol. The van der Waals surface area contributed by atoms with Crippen molar-refractivity contribution in [3.05, 3.63) is 35.2 Å². The second-order valence-electron chi connectivity index (χ2n) is 10.4. The lowest BCUT2D eigenvalue weighted by molar-refractivity contribution is -0.139. The fourth-order valence-corrected chi connectivity index (χ4v) is 6.49. The lowest BCUT2D eigenvalue weighted by Gasteiger charge is -2.32. The molecule has 5 atom stereocenters. The first kappa shape index (κ1) is 27.1. The molecule has 3 saturated heterocycles. The van der Waals surface area contributed by atoms with Crippen LogP contribution in [0.5, 0.6) is 0 Å². The van der Waals surface area contributed by atoms with Crippen LogP contribution in [0.4, 0.5) is 5.13 Å². The second kappa shape index (κ2) is 11.3. The molecule has 0 saturated carbocycles. The number of amides is 2. The number of likely N-dealkylation sites (N-methyl/N-ethyl adjacent to an activating group) is 1. The van der Waals surface area contributed by atoms with Crippen LogP contribution < -0.4 is 10.2 Å². The molecule has 38 heavy (non-hydrogen) atoms. The number of piperazine rings is 1. The van der Waals surface area contributed by atoms with Gasteiger partial charge in [-0.1, -0.05) is 32.4 Å². The van der Waals surface area contributed by atoms with Gasteiger partial charge in [-0.3, -0.25) is 14.4 Å². The molecule has 0 bridgehead atoms. The number of likely N-dealkylation sites (tertiary alicyclic amines) is 1. The van der Waals surface area contributed by atoms with E-state index in [1.165, 1.54) is 4.90 Å². The molecule has 4 heterocycles. The number of ketones is 1. The number of nitrogens with one attached hydrogen (secondary N) is 1. The van der Waals surface area contributed by atoms with E-state index in [4.69, 9.17) is 21.3 Å². The smallest absolute Gasteiger partial charge is 0.251 e. The van der Waals surface area contributed by atoms with Crippen LogP contribution in [-0.2, 0) is 14.3 Å². The van der Waals surface area contributed by atoms with Crippen molar-refractivity contribution in [2.45, 2.75) is 43.8 Å². The van der Waals surface area contributed by atoms with E-state index < -0.39 is 23.6 Å². The molecule has 2 aromatic rings. The van der Waals surface area contributed by atoms with E-state index >= 15 is 0 Å². The normalized spacial score (nSPS) is 25.4. The van der Waals surface area contributed by atoms with Crippen molar-refractivity contribution in [3.63, 3.8) is 0 Å². The average molecular weight is 560 g/mol. The lowest BCUT2D eigenvalue weighted by atomic mass is 9.96. The molecular formula is C27H34ClN5O4S. The molecule has 1 N–H and O–H groups in total. The zero-order valence-electron chi connectivity index (χ0n) is 21.9. The van der Waals surface area contributed by atoms with Gasteiger partial charge in [0.25, 0.3) is 5.91 Å². The molecule has 9 nitrogen and oxygen atoms in total. The molecule has 204 valence electrons. The van der Waals surface area contributed by atoms with Gasteiger partial charge in [-0.25, -0.2) is 4.98 Å². The minimum atomic E-state index is -0.770. The average Bonchev–Trinajstić information content (AvgIpc) is 3.65. The Bertz CT molecular complexity index is 1180. The van der Waals surface area contributed by atoms with Crippen LogP contribution in [0.2, 0.25) is 0 Å². The molecule has 3 aliphatic rings. The quantitative estimate of drug-likeness (QED) is 0.521. The van der Waals surface area contributed by atoms with Crippen LogP contribution in [-0.4, -0.2) is 102 Å². The van der Waals surface area contributed by atoms with Crippen LogP contribution in [0.1, 0.15) is 30.6 Å². The van der Waals surface area contributed by atoms with Gasteiger partial charge in [0, 0.05) is 49.2 Å². The molecule has 1 aromatic carbocycles. The first-order valence-electron chi connectivity index (χ1n) is 13.2. The van der Waals surface area contributed by atoms with E-state index in [-0.39, 0.29) is 36.7 Å². The minimum absolute atomic E-state index is 0.0368. The van der Waals surface area contributed by atoms with Gasteiger partial charge in [0.1, 0.15) is 24.8 Å². The van der Waals surface area contributed by atoms with Crippen molar-refractivity contribution < 1.29 is 19.1 Å². The van der Waals surface area contributed by atoms with Crippen LogP contribution in [0.25, 0.3) is 11.3 Å². The van der Waals surface area contributed by atoms with Gasteiger partial charge < -0.3 is 24.8 Å². The van der Waals surface area contributed by atoms with Crippen molar-refractivity contribution >= 4 is 45.7 Å². The van der Waals surface area contributed by atoms with Gasteiger partial charge in [0.05, 0.1) is 11.1 Å². The molecule has 0 spiro atoms. The largest absolute Gasteiger partial charge is 0.366 e. The Balaban J connectivity index is 1.27. The molecule has 0 radical (unpaired) electrons. The number of carbonyl (C=O) groups excluding carboxylic acids is 3. The summed E-state index contributed by atoms with van der Waals surface area (Å²) in [5.41, 5.74) is 2.27. The SMILES string of the molecule is CCC(C)C(NC(=O)c1ccc(-c2csc(N3CCN(C)CC3)n2)cc1)C(=O)N1CC(Cl)C2OCC(=O)C21. The van der Waals surface area contributed by atoms with Crippen molar-refractivity contribution in [2.24, 2.45) is 5.92 Å². The van der Waals surface area contributed by atoms with Crippen LogP contribution >= 0.6 is 22.9 Å². The molecule has 1 aromatic heterocycles. The highest BCUT2D eigenvalue weighted by Gasteiger charge is 2.53. The molecule has 5 unspecified atom stereocenters. The number of halogens is 1. The van der Waals surface area contributed by atoms with Gasteiger partial charge in [-0.05, 0) is 25.1 Å². The summed E-state index contributed by atoms with van der Waals surface area (Å²) < 4.78 is 5.51. The van der Waals surface area contributed by atoms with Crippen LogP contribution in [0, 0.1) is 5.92 Å². The highest BCUT2D eigenvalue weighted by atomic mass is 35.5. The maximum Gasteiger partial charge on any atom is 0.251 e. The highest BCUT2D eigenvalue weighted by molar-refractivity contribution is 7.14. The summed E-state index contributed by atoms with van der Waals surface area (Å²) in [7, 11) is 2.13. The number of ether oxygens (including phenoxy) is 1. The summed E-state index contributed by atoms with van der Waals surface area (Å²) in [4.78, 5) is 50.1. The number of aromatic nitrogens is 1. The van der Waals surface area contributed by atoms with E-state index in [1.54, 1.807) is 23.5 Å². The number of Topliss-reactive ketones (excluding diaryl/α,β-unsaturated/α-hetero) is 1. The number of thiazole rings is 1. The Morgan fingerprint density at radius 2 is 1.92 bits per heavy atom. The summed E-state index contributed by atoms with van der Waals surface area (Å²) in [6.45, 7) is 8.05. The molecule has 3 fully saturated rings. The van der Waals surface area contributed by atoms with Gasteiger partial charge in [-0.15, -0.1) is 22.9 Å². The molecular weight excluding hydrogens is 526 g/mol. The predicted octanol–water partition coefficient (Wildman–Crippen LogP) is 2.49. The van der Waals surface area contributed by atoms with Crippen molar-refractivity contribution in [1.29, 1.82) is 0 Å². The number of hydrogen-bond acceptors (Lipinski definition) is 8. The zero-order valence-corrected chi connectivity index (χ0v) is 23.5. The third kappa shape index (κ3) is 5.32. The summed E-state index contributed by atoms with van der Waals surface area (Å²) in [6, 6.07) is 5.83. The summed E-state index contributed by atoms with van der Waals surface area (Å²) in [5.74, 6) is -0.896. The van der Waals surface area contributed by atoms with Gasteiger partial charge in [0.2, 0.25) is 5.91 Å². The first-order chi connectivity index (χ1) is 18.3. The third-order valence-corrected chi connectivity index (χ3v) is 9.17. The van der Waals surface area contributed by atoms with Crippen molar-refractivity contribution in [3.8, 4) is 11.3 Å². The predicted molar refractivity (Wildman–Crippen MR) is 148 cm³/mol. The Labute approximate surface area is 232 Å². The second-order valence-corrected chi connectivity index (χ2v) is 11.8. The number of benzene rings is 1. The Kier molecular flexibility index (Phi) is 8.04. The highest BCUT2D eigenvalue weighted by Crippen LogP contribution is 2.32. The topological polar surface area (TPSA) is 95.1 Å². The first-order valence-corrected chi connectivity index (χ1v) is 14.5. The standard InChI is InChI=1S/C27H34ClN5O4S/c1-4-16(2)22(26(36)33-13-19(28)24-23(33)21(34)14-37-24)30-25(35)18-7-5-17(6-8-18)20-15-38-27(29-20)32-11-9-31(3)10-12-32/h5-8,15-16,19,22-24H,4,9-14H2,1-3H3,(H,30,35).